The molecule has 6 heteroatoms. The van der Waals surface area contributed by atoms with Crippen LogP contribution in [0.25, 0.3) is 0 Å². The lowest BCUT2D eigenvalue weighted by Gasteiger charge is -2.21. The third kappa shape index (κ3) is 3.76. The van der Waals surface area contributed by atoms with Gasteiger partial charge in [0.15, 0.2) is 5.43 Å². The number of aromatic nitrogens is 2. The van der Waals surface area contributed by atoms with E-state index in [0.29, 0.717) is 6.54 Å². The lowest BCUT2D eigenvalue weighted by atomic mass is 10.2. The molecule has 1 amide bonds. The van der Waals surface area contributed by atoms with Gasteiger partial charge in [-0.1, -0.05) is 6.07 Å². The van der Waals surface area contributed by atoms with E-state index in [2.05, 4.69) is 9.97 Å². The summed E-state index contributed by atoms with van der Waals surface area (Å²) < 4.78 is 0. The van der Waals surface area contributed by atoms with Crippen molar-refractivity contribution in [1.29, 1.82) is 5.26 Å². The fourth-order valence-corrected chi connectivity index (χ4v) is 1.90. The van der Waals surface area contributed by atoms with Crippen molar-refractivity contribution < 1.29 is 4.79 Å². The number of carbonyl (C=O) groups is 1. The molecular weight excluding hydrogens is 268 g/mol. The summed E-state index contributed by atoms with van der Waals surface area (Å²) in [6.07, 6.45) is 6.36. The summed E-state index contributed by atoms with van der Waals surface area (Å²) in [4.78, 5) is 32.4. The first kappa shape index (κ1) is 14.5. The number of H-pyrrole nitrogens is 1. The highest BCUT2D eigenvalue weighted by Crippen LogP contribution is 2.07. The van der Waals surface area contributed by atoms with Gasteiger partial charge in [0, 0.05) is 43.9 Å². The highest BCUT2D eigenvalue weighted by molar-refractivity contribution is 5.93. The third-order valence-electron chi connectivity index (χ3n) is 2.93. The lowest BCUT2D eigenvalue weighted by molar-refractivity contribution is 0.0745. The Bertz CT molecular complexity index is 703. The number of hydrogen-bond donors (Lipinski definition) is 1. The maximum Gasteiger partial charge on any atom is 0.259 e. The molecule has 0 saturated heterocycles. The van der Waals surface area contributed by atoms with E-state index >= 15 is 0 Å². The molecule has 2 heterocycles. The highest BCUT2D eigenvalue weighted by Gasteiger charge is 2.18. The van der Waals surface area contributed by atoms with Crippen molar-refractivity contribution in [2.24, 2.45) is 0 Å². The predicted molar refractivity (Wildman–Crippen MR) is 76.3 cm³/mol. The van der Waals surface area contributed by atoms with Gasteiger partial charge in [0.2, 0.25) is 0 Å². The number of nitrogens with zero attached hydrogens (tertiary/aromatic N) is 3. The Balaban J connectivity index is 2.24. The molecule has 0 atom stereocenters. The van der Waals surface area contributed by atoms with Crippen LogP contribution < -0.4 is 5.43 Å². The molecule has 2 aromatic rings. The normalized spacial score (nSPS) is 9.86. The van der Waals surface area contributed by atoms with Crippen LogP contribution in [0.15, 0.2) is 47.8 Å². The smallest absolute Gasteiger partial charge is 0.259 e. The van der Waals surface area contributed by atoms with Gasteiger partial charge in [-0.2, -0.15) is 5.26 Å². The Hall–Kier alpha value is -2.94. The maximum atomic E-state index is 12.5. The Kier molecular flexibility index (Phi) is 4.83. The third-order valence-corrected chi connectivity index (χ3v) is 2.93. The summed E-state index contributed by atoms with van der Waals surface area (Å²) >= 11 is 0. The van der Waals surface area contributed by atoms with Crippen LogP contribution in [0, 0.1) is 11.3 Å². The molecule has 0 radical (unpaired) electrons. The molecule has 0 unspecified atom stereocenters. The average molecular weight is 282 g/mol. The molecule has 106 valence electrons. The number of aromatic amines is 1. The number of nitriles is 1. The topological polar surface area (TPSA) is 89.8 Å². The van der Waals surface area contributed by atoms with Gasteiger partial charge < -0.3 is 9.88 Å². The van der Waals surface area contributed by atoms with E-state index in [1.807, 2.05) is 12.1 Å². The van der Waals surface area contributed by atoms with E-state index in [-0.39, 0.29) is 24.0 Å². The number of carbonyl (C=O) groups excluding carboxylic acids is 1. The molecule has 0 aliphatic heterocycles. The molecule has 0 spiro atoms. The van der Waals surface area contributed by atoms with Gasteiger partial charge in [-0.05, 0) is 11.6 Å². The van der Waals surface area contributed by atoms with Crippen molar-refractivity contribution in [3.05, 3.63) is 64.3 Å². The number of nitrogens with one attached hydrogen (secondary N) is 1. The molecule has 2 aromatic heterocycles. The molecule has 1 N–H and O–H groups in total. The zero-order chi connectivity index (χ0) is 15.1. The number of hydrogen-bond acceptors (Lipinski definition) is 4. The van der Waals surface area contributed by atoms with Crippen molar-refractivity contribution in [3.8, 4) is 6.07 Å². The highest BCUT2D eigenvalue weighted by atomic mass is 16.2. The van der Waals surface area contributed by atoms with Crippen molar-refractivity contribution in [2.75, 3.05) is 6.54 Å². The first-order valence-electron chi connectivity index (χ1n) is 6.44. The fourth-order valence-electron chi connectivity index (χ4n) is 1.90. The SMILES string of the molecule is N#CCCN(Cc1cccnc1)C(=O)c1c[nH]ccc1=O. The van der Waals surface area contributed by atoms with Gasteiger partial charge in [0.05, 0.1) is 12.5 Å². The van der Waals surface area contributed by atoms with Crippen LogP contribution >= 0.6 is 0 Å². The Morgan fingerprint density at radius 2 is 2.29 bits per heavy atom. The van der Waals surface area contributed by atoms with Crippen LogP contribution in [0.4, 0.5) is 0 Å². The predicted octanol–water partition coefficient (Wildman–Crippen LogP) is 1.33. The summed E-state index contributed by atoms with van der Waals surface area (Å²) in [5, 5.41) is 8.72. The van der Waals surface area contributed by atoms with Crippen LogP contribution in [-0.4, -0.2) is 27.3 Å². The zero-order valence-corrected chi connectivity index (χ0v) is 11.3. The average Bonchev–Trinajstić information content (AvgIpc) is 2.52. The lowest BCUT2D eigenvalue weighted by Crippen LogP contribution is -2.34. The van der Waals surface area contributed by atoms with Crippen molar-refractivity contribution in [1.82, 2.24) is 14.9 Å². The van der Waals surface area contributed by atoms with E-state index in [1.165, 1.54) is 23.4 Å². The molecule has 0 bridgehead atoms. The Morgan fingerprint density at radius 1 is 1.43 bits per heavy atom. The zero-order valence-electron chi connectivity index (χ0n) is 11.3. The van der Waals surface area contributed by atoms with Crippen LogP contribution in [0.5, 0.6) is 0 Å². The summed E-state index contributed by atoms with van der Waals surface area (Å²) in [5.74, 6) is -0.393. The van der Waals surface area contributed by atoms with Crippen molar-refractivity contribution in [2.45, 2.75) is 13.0 Å². The van der Waals surface area contributed by atoms with Gasteiger partial charge in [-0.3, -0.25) is 14.6 Å². The van der Waals surface area contributed by atoms with E-state index in [0.717, 1.165) is 5.56 Å². The van der Waals surface area contributed by atoms with E-state index in [1.54, 1.807) is 18.5 Å². The summed E-state index contributed by atoms with van der Waals surface area (Å²) in [7, 11) is 0. The monoisotopic (exact) mass is 282 g/mol. The van der Waals surface area contributed by atoms with Gasteiger partial charge in [-0.15, -0.1) is 0 Å². The van der Waals surface area contributed by atoms with E-state index in [9.17, 15) is 9.59 Å². The number of amides is 1. The minimum absolute atomic E-state index is 0.0688. The van der Waals surface area contributed by atoms with Gasteiger partial charge in [0.1, 0.15) is 5.56 Å². The van der Waals surface area contributed by atoms with Crippen LogP contribution in [0.1, 0.15) is 22.3 Å². The first-order chi connectivity index (χ1) is 10.2. The molecule has 6 nitrogen and oxygen atoms in total. The number of rotatable bonds is 5. The standard InChI is InChI=1S/C15H14N4O2/c16-5-2-8-19(11-12-3-1-6-17-9-12)15(21)13-10-18-7-4-14(13)20/h1,3-4,6-7,9-10H,2,8,11H2,(H,18,20). The second-order valence-electron chi connectivity index (χ2n) is 4.42. The van der Waals surface area contributed by atoms with Crippen LogP contribution in [0.2, 0.25) is 0 Å². The molecular formula is C15H14N4O2. The maximum absolute atomic E-state index is 12.5. The van der Waals surface area contributed by atoms with Crippen molar-refractivity contribution >= 4 is 5.91 Å². The number of pyridine rings is 2. The molecule has 0 aromatic carbocycles. The second-order valence-corrected chi connectivity index (χ2v) is 4.42. The molecule has 0 aliphatic carbocycles. The van der Waals surface area contributed by atoms with Gasteiger partial charge >= 0.3 is 0 Å². The largest absolute Gasteiger partial charge is 0.367 e. The molecule has 21 heavy (non-hydrogen) atoms. The van der Waals surface area contributed by atoms with Crippen LogP contribution in [-0.2, 0) is 6.54 Å². The van der Waals surface area contributed by atoms with Gasteiger partial charge in [0.25, 0.3) is 5.91 Å². The molecule has 2 rings (SSSR count). The minimum atomic E-state index is -0.393. The fraction of sp³-hybridized carbons (Fsp3) is 0.200. The summed E-state index contributed by atoms with van der Waals surface area (Å²) in [5.41, 5.74) is 0.572. The Labute approximate surface area is 121 Å². The molecule has 0 saturated carbocycles. The Morgan fingerprint density at radius 3 is 2.95 bits per heavy atom. The van der Waals surface area contributed by atoms with Crippen molar-refractivity contribution in [3.63, 3.8) is 0 Å². The van der Waals surface area contributed by atoms with E-state index < -0.39 is 5.91 Å². The van der Waals surface area contributed by atoms with Gasteiger partial charge in [-0.25, -0.2) is 0 Å². The molecule has 0 fully saturated rings. The van der Waals surface area contributed by atoms with Crippen LogP contribution in [0.3, 0.4) is 0 Å². The summed E-state index contributed by atoms with van der Waals surface area (Å²) in [6.45, 7) is 0.571. The first-order valence-corrected chi connectivity index (χ1v) is 6.44. The quantitative estimate of drug-likeness (QED) is 0.895. The minimum Gasteiger partial charge on any atom is -0.367 e. The van der Waals surface area contributed by atoms with E-state index in [4.69, 9.17) is 5.26 Å². The second kappa shape index (κ2) is 7.01. The molecule has 0 aliphatic rings. The summed E-state index contributed by atoms with van der Waals surface area (Å²) in [6, 6.07) is 6.93.